The lowest BCUT2D eigenvalue weighted by Gasteiger charge is -2.21. The SMILES string of the molecule is C=CCn1c(SCC(=O)Nc2ccc(Cl)cc2)nnc1[C@H](CC(C)C)NC(=O)c1ccccc1Cl. The minimum Gasteiger partial charge on any atom is -0.342 e. The zero-order valence-corrected chi connectivity index (χ0v) is 21.8. The summed E-state index contributed by atoms with van der Waals surface area (Å²) in [5.74, 6) is 0.545. The molecular formula is C25H27Cl2N5O2S. The van der Waals surface area contributed by atoms with E-state index < -0.39 is 6.04 Å². The second-order valence-electron chi connectivity index (χ2n) is 8.22. The van der Waals surface area contributed by atoms with Crippen molar-refractivity contribution in [3.63, 3.8) is 0 Å². The van der Waals surface area contributed by atoms with Crippen LogP contribution in [0.1, 0.15) is 42.5 Å². The lowest BCUT2D eigenvalue weighted by molar-refractivity contribution is -0.113. The Morgan fingerprint density at radius 3 is 2.49 bits per heavy atom. The zero-order valence-electron chi connectivity index (χ0n) is 19.5. The van der Waals surface area contributed by atoms with E-state index in [1.807, 2.05) is 4.57 Å². The molecule has 0 aliphatic rings. The third-order valence-electron chi connectivity index (χ3n) is 4.96. The number of benzene rings is 2. The standard InChI is InChI=1S/C25H27Cl2N5O2S/c1-4-13-32-23(21(14-16(2)3)29-24(34)19-7-5-6-8-20(19)27)30-31-25(32)35-15-22(33)28-18-11-9-17(26)10-12-18/h4-12,16,21H,1,13-15H2,2-3H3,(H,28,33)(H,29,34)/t21-/m0/s1. The van der Waals surface area contributed by atoms with Crippen LogP contribution in [0.25, 0.3) is 0 Å². The van der Waals surface area contributed by atoms with Crippen molar-refractivity contribution in [2.24, 2.45) is 5.92 Å². The molecule has 7 nitrogen and oxygen atoms in total. The van der Waals surface area contributed by atoms with Gasteiger partial charge in [-0.1, -0.05) is 67.0 Å². The number of anilines is 1. The predicted octanol–water partition coefficient (Wildman–Crippen LogP) is 6.02. The summed E-state index contributed by atoms with van der Waals surface area (Å²) < 4.78 is 1.87. The summed E-state index contributed by atoms with van der Waals surface area (Å²) in [7, 11) is 0. The van der Waals surface area contributed by atoms with E-state index >= 15 is 0 Å². The van der Waals surface area contributed by atoms with Crippen LogP contribution in [0, 0.1) is 5.92 Å². The average molecular weight is 532 g/mol. The highest BCUT2D eigenvalue weighted by atomic mass is 35.5. The molecule has 0 aliphatic carbocycles. The van der Waals surface area contributed by atoms with Crippen LogP contribution in [-0.2, 0) is 11.3 Å². The topological polar surface area (TPSA) is 88.9 Å². The Kier molecular flexibility index (Phi) is 9.77. The number of thioether (sulfide) groups is 1. The Morgan fingerprint density at radius 2 is 1.83 bits per heavy atom. The molecular weight excluding hydrogens is 505 g/mol. The molecule has 1 atom stereocenters. The number of carbonyl (C=O) groups is 2. The van der Waals surface area contributed by atoms with Gasteiger partial charge in [-0.25, -0.2) is 0 Å². The van der Waals surface area contributed by atoms with Crippen LogP contribution in [-0.4, -0.2) is 32.3 Å². The molecule has 1 heterocycles. The van der Waals surface area contributed by atoms with E-state index in [2.05, 4.69) is 41.3 Å². The van der Waals surface area contributed by atoms with Gasteiger partial charge in [0.15, 0.2) is 11.0 Å². The Morgan fingerprint density at radius 1 is 1.11 bits per heavy atom. The number of hydrogen-bond donors (Lipinski definition) is 2. The van der Waals surface area contributed by atoms with Gasteiger partial charge in [-0.05, 0) is 48.7 Å². The molecule has 3 aromatic rings. The number of nitrogens with one attached hydrogen (secondary N) is 2. The fraction of sp³-hybridized carbons (Fsp3) is 0.280. The monoisotopic (exact) mass is 531 g/mol. The first-order valence-corrected chi connectivity index (χ1v) is 12.8. The van der Waals surface area contributed by atoms with E-state index in [1.165, 1.54) is 11.8 Å². The van der Waals surface area contributed by atoms with Crippen LogP contribution in [0.15, 0.2) is 66.3 Å². The van der Waals surface area contributed by atoms with Crippen molar-refractivity contribution in [1.29, 1.82) is 0 Å². The van der Waals surface area contributed by atoms with Gasteiger partial charge in [-0.3, -0.25) is 9.59 Å². The highest BCUT2D eigenvalue weighted by molar-refractivity contribution is 7.99. The Labute approximate surface area is 219 Å². The van der Waals surface area contributed by atoms with Gasteiger partial charge in [0.1, 0.15) is 0 Å². The van der Waals surface area contributed by atoms with E-state index in [1.54, 1.807) is 54.6 Å². The number of allylic oxidation sites excluding steroid dienone is 1. The molecule has 3 rings (SSSR count). The number of halogens is 2. The van der Waals surface area contributed by atoms with Crippen molar-refractivity contribution in [1.82, 2.24) is 20.1 Å². The summed E-state index contributed by atoms with van der Waals surface area (Å²) >= 11 is 13.4. The molecule has 0 radical (unpaired) electrons. The quantitative estimate of drug-likeness (QED) is 0.233. The van der Waals surface area contributed by atoms with Gasteiger partial charge >= 0.3 is 0 Å². The summed E-state index contributed by atoms with van der Waals surface area (Å²) in [6, 6.07) is 13.4. The van der Waals surface area contributed by atoms with E-state index in [4.69, 9.17) is 23.2 Å². The normalized spacial score (nSPS) is 11.8. The third-order valence-corrected chi connectivity index (χ3v) is 6.51. The molecule has 1 aromatic heterocycles. The molecule has 35 heavy (non-hydrogen) atoms. The fourth-order valence-electron chi connectivity index (χ4n) is 3.41. The molecule has 0 saturated heterocycles. The first-order chi connectivity index (χ1) is 16.8. The van der Waals surface area contributed by atoms with Crippen LogP contribution < -0.4 is 10.6 Å². The number of hydrogen-bond acceptors (Lipinski definition) is 5. The van der Waals surface area contributed by atoms with Crippen molar-refractivity contribution < 1.29 is 9.59 Å². The average Bonchev–Trinajstić information content (AvgIpc) is 3.21. The van der Waals surface area contributed by atoms with Crippen LogP contribution in [0.5, 0.6) is 0 Å². The number of carbonyl (C=O) groups excluding carboxylic acids is 2. The maximum absolute atomic E-state index is 13.0. The van der Waals surface area contributed by atoms with Gasteiger partial charge in [0.05, 0.1) is 22.4 Å². The van der Waals surface area contributed by atoms with Crippen LogP contribution in [0.2, 0.25) is 10.0 Å². The lowest BCUT2D eigenvalue weighted by Crippen LogP contribution is -2.32. The van der Waals surface area contributed by atoms with Gasteiger partial charge in [0.2, 0.25) is 5.91 Å². The smallest absolute Gasteiger partial charge is 0.253 e. The zero-order chi connectivity index (χ0) is 25.4. The van der Waals surface area contributed by atoms with Crippen molar-refractivity contribution in [2.45, 2.75) is 38.0 Å². The Hall–Kier alpha value is -2.81. The van der Waals surface area contributed by atoms with Crippen molar-refractivity contribution in [3.05, 3.63) is 82.6 Å². The molecule has 0 unspecified atom stereocenters. The van der Waals surface area contributed by atoms with Crippen molar-refractivity contribution in [3.8, 4) is 0 Å². The fourth-order valence-corrected chi connectivity index (χ4v) is 4.51. The van der Waals surface area contributed by atoms with Crippen molar-refractivity contribution in [2.75, 3.05) is 11.1 Å². The molecule has 2 amide bonds. The predicted molar refractivity (Wildman–Crippen MR) is 142 cm³/mol. The lowest BCUT2D eigenvalue weighted by atomic mass is 10.0. The molecule has 10 heteroatoms. The molecule has 0 spiro atoms. The van der Waals surface area contributed by atoms with Crippen LogP contribution in [0.3, 0.4) is 0 Å². The number of aromatic nitrogens is 3. The summed E-state index contributed by atoms with van der Waals surface area (Å²) in [6.45, 7) is 8.40. The molecule has 0 aliphatic heterocycles. The first-order valence-electron chi connectivity index (χ1n) is 11.1. The summed E-state index contributed by atoms with van der Waals surface area (Å²) in [4.78, 5) is 25.4. The molecule has 0 fully saturated rings. The summed E-state index contributed by atoms with van der Waals surface area (Å²) in [5.41, 5.74) is 1.05. The van der Waals surface area contributed by atoms with E-state index in [0.29, 0.717) is 45.2 Å². The van der Waals surface area contributed by atoms with Gasteiger partial charge < -0.3 is 15.2 Å². The molecule has 0 saturated carbocycles. The molecule has 0 bridgehead atoms. The number of nitrogens with zero attached hydrogens (tertiary/aromatic N) is 3. The van der Waals surface area contributed by atoms with Gasteiger partial charge in [0, 0.05) is 17.3 Å². The second-order valence-corrected chi connectivity index (χ2v) is 10.0. The summed E-state index contributed by atoms with van der Waals surface area (Å²) in [6.07, 6.45) is 2.38. The first kappa shape index (κ1) is 26.8. The largest absolute Gasteiger partial charge is 0.342 e. The van der Waals surface area contributed by atoms with Crippen molar-refractivity contribution >= 4 is 52.5 Å². The molecule has 2 N–H and O–H groups in total. The van der Waals surface area contributed by atoms with E-state index in [-0.39, 0.29) is 23.5 Å². The maximum Gasteiger partial charge on any atom is 0.253 e. The van der Waals surface area contributed by atoms with Gasteiger partial charge in [-0.15, -0.1) is 16.8 Å². The number of amides is 2. The summed E-state index contributed by atoms with van der Waals surface area (Å²) in [5, 5.41) is 16.1. The molecule has 184 valence electrons. The second kappa shape index (κ2) is 12.8. The Balaban J connectivity index is 1.77. The van der Waals surface area contributed by atoms with Gasteiger partial charge in [-0.2, -0.15) is 0 Å². The number of rotatable bonds is 11. The maximum atomic E-state index is 13.0. The Bertz CT molecular complexity index is 1180. The third kappa shape index (κ3) is 7.59. The minimum atomic E-state index is -0.400. The van der Waals surface area contributed by atoms with Crippen LogP contribution in [0.4, 0.5) is 5.69 Å². The highest BCUT2D eigenvalue weighted by Crippen LogP contribution is 2.26. The van der Waals surface area contributed by atoms with Crippen LogP contribution >= 0.6 is 35.0 Å². The molecule has 2 aromatic carbocycles. The highest BCUT2D eigenvalue weighted by Gasteiger charge is 2.25. The minimum absolute atomic E-state index is 0.138. The van der Waals surface area contributed by atoms with Gasteiger partial charge in [0.25, 0.3) is 5.91 Å². The van der Waals surface area contributed by atoms with E-state index in [9.17, 15) is 9.59 Å². The van der Waals surface area contributed by atoms with E-state index in [0.717, 1.165) is 0 Å².